The van der Waals surface area contributed by atoms with Crippen LogP contribution in [0.4, 0.5) is 0 Å². The molecule has 0 bridgehead atoms. The fourth-order valence-electron chi connectivity index (χ4n) is 3.40. The van der Waals surface area contributed by atoms with Gasteiger partial charge < -0.3 is 10.4 Å². The van der Waals surface area contributed by atoms with Crippen molar-refractivity contribution < 1.29 is 9.90 Å². The maximum absolute atomic E-state index is 12.4. The van der Waals surface area contributed by atoms with Crippen molar-refractivity contribution in [3.63, 3.8) is 0 Å². The molecule has 2 aliphatic rings. The first-order chi connectivity index (χ1) is 10.2. The Labute approximate surface area is 127 Å². The van der Waals surface area contributed by atoms with Crippen molar-refractivity contribution in [1.82, 2.24) is 5.32 Å². The minimum atomic E-state index is -0.529. The minimum Gasteiger partial charge on any atom is -0.390 e. The van der Waals surface area contributed by atoms with E-state index < -0.39 is 6.10 Å². The first-order valence-electron chi connectivity index (χ1n) is 7.40. The van der Waals surface area contributed by atoms with E-state index in [4.69, 9.17) is 0 Å². The topological polar surface area (TPSA) is 49.3 Å². The predicted octanol–water partition coefficient (Wildman–Crippen LogP) is 2.62. The Morgan fingerprint density at radius 1 is 1.24 bits per heavy atom. The summed E-state index contributed by atoms with van der Waals surface area (Å²) in [6.07, 6.45) is 3.48. The van der Waals surface area contributed by atoms with Gasteiger partial charge in [-0.05, 0) is 42.0 Å². The van der Waals surface area contributed by atoms with E-state index in [2.05, 4.69) is 5.32 Å². The standard InChI is InChI=1S/C17H17NO2S/c19-13-8-10-4-1-2-6-12(10)16(13)18-17(20)15-9-11-5-3-7-14(11)21-15/h1-2,4,6,9,13,16,19H,3,5,7-8H2,(H,18,20). The van der Waals surface area contributed by atoms with Crippen LogP contribution in [0.2, 0.25) is 0 Å². The second-order valence-corrected chi connectivity index (χ2v) is 6.97. The molecule has 2 atom stereocenters. The van der Waals surface area contributed by atoms with Gasteiger partial charge in [-0.15, -0.1) is 11.3 Å². The lowest BCUT2D eigenvalue weighted by Crippen LogP contribution is -2.33. The van der Waals surface area contributed by atoms with Gasteiger partial charge in [0.2, 0.25) is 0 Å². The van der Waals surface area contributed by atoms with E-state index in [1.807, 2.05) is 30.3 Å². The average Bonchev–Trinajstić information content (AvgIpc) is 3.12. The average molecular weight is 299 g/mol. The molecule has 0 saturated heterocycles. The molecule has 0 fully saturated rings. The molecule has 0 aliphatic heterocycles. The lowest BCUT2D eigenvalue weighted by Gasteiger charge is -2.17. The molecule has 1 aromatic carbocycles. The Hall–Kier alpha value is -1.65. The molecule has 1 heterocycles. The fourth-order valence-corrected chi connectivity index (χ4v) is 4.56. The fraction of sp³-hybridized carbons (Fsp3) is 0.353. The summed E-state index contributed by atoms with van der Waals surface area (Å²) in [6, 6.07) is 9.67. The van der Waals surface area contributed by atoms with Crippen LogP contribution >= 0.6 is 11.3 Å². The van der Waals surface area contributed by atoms with Crippen LogP contribution in [0.5, 0.6) is 0 Å². The van der Waals surface area contributed by atoms with Crippen LogP contribution in [-0.2, 0) is 19.3 Å². The molecule has 4 heteroatoms. The van der Waals surface area contributed by atoms with Crippen LogP contribution in [0.3, 0.4) is 0 Å². The van der Waals surface area contributed by atoms with E-state index in [9.17, 15) is 9.90 Å². The van der Waals surface area contributed by atoms with Gasteiger partial charge in [0.1, 0.15) is 0 Å². The zero-order chi connectivity index (χ0) is 14.4. The van der Waals surface area contributed by atoms with E-state index in [0.29, 0.717) is 6.42 Å². The van der Waals surface area contributed by atoms with Gasteiger partial charge in [0, 0.05) is 11.3 Å². The number of aliphatic hydroxyl groups excluding tert-OH is 1. The Balaban J connectivity index is 1.56. The number of carbonyl (C=O) groups is 1. The van der Waals surface area contributed by atoms with Crippen LogP contribution in [-0.4, -0.2) is 17.1 Å². The summed E-state index contributed by atoms with van der Waals surface area (Å²) < 4.78 is 0. The number of hydrogen-bond donors (Lipinski definition) is 2. The molecule has 2 aromatic rings. The second-order valence-electron chi connectivity index (χ2n) is 5.83. The van der Waals surface area contributed by atoms with Gasteiger partial charge in [-0.1, -0.05) is 24.3 Å². The Morgan fingerprint density at radius 2 is 2.10 bits per heavy atom. The third kappa shape index (κ3) is 2.19. The molecule has 2 unspecified atom stereocenters. The van der Waals surface area contributed by atoms with E-state index in [1.54, 1.807) is 11.3 Å². The van der Waals surface area contributed by atoms with Crippen LogP contribution in [0.25, 0.3) is 0 Å². The molecule has 0 radical (unpaired) electrons. The number of benzene rings is 1. The molecule has 4 rings (SSSR count). The monoisotopic (exact) mass is 299 g/mol. The van der Waals surface area contributed by atoms with Gasteiger partial charge in [0.05, 0.1) is 17.0 Å². The van der Waals surface area contributed by atoms with Crippen LogP contribution in [0, 0.1) is 0 Å². The highest BCUT2D eigenvalue weighted by Crippen LogP contribution is 2.33. The third-order valence-electron chi connectivity index (χ3n) is 4.46. The third-order valence-corrected chi connectivity index (χ3v) is 5.70. The summed E-state index contributed by atoms with van der Waals surface area (Å²) in [6.45, 7) is 0. The maximum atomic E-state index is 12.4. The Kier molecular flexibility index (Phi) is 3.08. The molecule has 1 aromatic heterocycles. The number of rotatable bonds is 2. The number of carbonyl (C=O) groups excluding carboxylic acids is 1. The van der Waals surface area contributed by atoms with Crippen molar-refractivity contribution in [1.29, 1.82) is 0 Å². The number of hydrogen-bond acceptors (Lipinski definition) is 3. The summed E-state index contributed by atoms with van der Waals surface area (Å²) in [5.74, 6) is -0.0600. The van der Waals surface area contributed by atoms with Crippen molar-refractivity contribution in [3.05, 3.63) is 56.8 Å². The minimum absolute atomic E-state index is 0.0600. The summed E-state index contributed by atoms with van der Waals surface area (Å²) in [7, 11) is 0. The smallest absolute Gasteiger partial charge is 0.261 e. The summed E-state index contributed by atoms with van der Waals surface area (Å²) in [5, 5.41) is 13.2. The summed E-state index contributed by atoms with van der Waals surface area (Å²) in [5.41, 5.74) is 3.50. The van der Waals surface area contributed by atoms with Crippen molar-refractivity contribution >= 4 is 17.2 Å². The molecule has 2 aliphatic carbocycles. The van der Waals surface area contributed by atoms with Crippen molar-refractivity contribution in [2.24, 2.45) is 0 Å². The van der Waals surface area contributed by atoms with Crippen LogP contribution in [0.1, 0.15) is 43.7 Å². The predicted molar refractivity (Wildman–Crippen MR) is 82.7 cm³/mol. The van der Waals surface area contributed by atoms with Crippen molar-refractivity contribution in [2.45, 2.75) is 37.8 Å². The van der Waals surface area contributed by atoms with Crippen molar-refractivity contribution in [3.8, 4) is 0 Å². The molecule has 1 amide bonds. The van der Waals surface area contributed by atoms with Gasteiger partial charge in [-0.25, -0.2) is 0 Å². The van der Waals surface area contributed by atoms with Gasteiger partial charge in [0.15, 0.2) is 0 Å². The lowest BCUT2D eigenvalue weighted by molar-refractivity contribution is 0.0862. The van der Waals surface area contributed by atoms with Gasteiger partial charge in [0.25, 0.3) is 5.91 Å². The lowest BCUT2D eigenvalue weighted by atomic mass is 10.1. The van der Waals surface area contributed by atoms with Gasteiger partial charge >= 0.3 is 0 Å². The number of nitrogens with one attached hydrogen (secondary N) is 1. The summed E-state index contributed by atoms with van der Waals surface area (Å²) >= 11 is 1.60. The molecular formula is C17H17NO2S. The number of fused-ring (bicyclic) bond motifs is 2. The Bertz CT molecular complexity index is 685. The van der Waals surface area contributed by atoms with E-state index in [0.717, 1.165) is 28.8 Å². The largest absolute Gasteiger partial charge is 0.390 e. The second kappa shape index (κ2) is 4.97. The SMILES string of the molecule is O=C(NC1c2ccccc2CC1O)c1cc2c(s1)CCC2. The number of aliphatic hydroxyl groups is 1. The highest BCUT2D eigenvalue weighted by Gasteiger charge is 2.32. The van der Waals surface area contributed by atoms with E-state index in [1.165, 1.54) is 16.9 Å². The maximum Gasteiger partial charge on any atom is 0.261 e. The van der Waals surface area contributed by atoms with Gasteiger partial charge in [-0.2, -0.15) is 0 Å². The first-order valence-corrected chi connectivity index (χ1v) is 8.22. The van der Waals surface area contributed by atoms with Crippen molar-refractivity contribution in [2.75, 3.05) is 0 Å². The molecule has 21 heavy (non-hydrogen) atoms. The number of aryl methyl sites for hydroxylation is 2. The van der Waals surface area contributed by atoms with Crippen LogP contribution < -0.4 is 5.32 Å². The van der Waals surface area contributed by atoms with Gasteiger partial charge in [-0.3, -0.25) is 4.79 Å². The first kappa shape index (κ1) is 13.0. The molecule has 0 saturated carbocycles. The normalized spacial score (nSPS) is 22.9. The quantitative estimate of drug-likeness (QED) is 0.895. The number of thiophene rings is 1. The van der Waals surface area contributed by atoms with E-state index >= 15 is 0 Å². The summed E-state index contributed by atoms with van der Waals surface area (Å²) in [4.78, 5) is 14.6. The van der Waals surface area contributed by atoms with Crippen LogP contribution in [0.15, 0.2) is 30.3 Å². The Morgan fingerprint density at radius 3 is 2.95 bits per heavy atom. The highest BCUT2D eigenvalue weighted by molar-refractivity contribution is 7.14. The molecule has 3 nitrogen and oxygen atoms in total. The zero-order valence-electron chi connectivity index (χ0n) is 11.6. The number of amides is 1. The zero-order valence-corrected chi connectivity index (χ0v) is 12.5. The highest BCUT2D eigenvalue weighted by atomic mass is 32.1. The van der Waals surface area contributed by atoms with E-state index in [-0.39, 0.29) is 11.9 Å². The molecule has 108 valence electrons. The molecule has 0 spiro atoms. The molecular weight excluding hydrogens is 282 g/mol. The molecule has 2 N–H and O–H groups in total.